The van der Waals surface area contributed by atoms with Gasteiger partial charge in [0, 0.05) is 25.7 Å². The number of benzene rings is 2. The van der Waals surface area contributed by atoms with Crippen LogP contribution in [0, 0.1) is 0 Å². The molecule has 7 heteroatoms. The molecular formula is C22H25ClN4O2. The fourth-order valence-corrected chi connectivity index (χ4v) is 3.88. The quantitative estimate of drug-likeness (QED) is 0.622. The Bertz CT molecular complexity index is 990. The first kappa shape index (κ1) is 19.7. The van der Waals surface area contributed by atoms with Crippen molar-refractivity contribution in [3.8, 4) is 11.6 Å². The molecule has 1 saturated heterocycles. The van der Waals surface area contributed by atoms with Crippen LogP contribution in [-0.2, 0) is 6.54 Å². The molecule has 0 amide bonds. The van der Waals surface area contributed by atoms with Crippen LogP contribution in [0.4, 0.5) is 5.95 Å². The maximum absolute atomic E-state index is 10.1. The summed E-state index contributed by atoms with van der Waals surface area (Å²) in [5, 5.41) is 14.9. The fourth-order valence-electron chi connectivity index (χ4n) is 3.71. The number of nitrogens with zero attached hydrogens (tertiary/aromatic N) is 3. The molecular weight excluding hydrogens is 388 g/mol. The number of hydrogen-bond acceptors (Lipinski definition) is 6. The predicted octanol–water partition coefficient (Wildman–Crippen LogP) is 4.46. The highest BCUT2D eigenvalue weighted by atomic mass is 35.5. The Balaban J connectivity index is 1.35. The second-order valence-corrected chi connectivity index (χ2v) is 7.69. The minimum Gasteiger partial charge on any atom is -0.493 e. The lowest BCUT2D eigenvalue weighted by Gasteiger charge is -2.32. The summed E-state index contributed by atoms with van der Waals surface area (Å²) in [7, 11) is 0. The zero-order valence-corrected chi connectivity index (χ0v) is 17.2. The number of piperidine rings is 1. The lowest BCUT2D eigenvalue weighted by atomic mass is 10.0. The van der Waals surface area contributed by atoms with Crippen molar-refractivity contribution in [2.75, 3.05) is 25.0 Å². The van der Waals surface area contributed by atoms with E-state index in [0.29, 0.717) is 23.0 Å². The van der Waals surface area contributed by atoms with Crippen molar-refractivity contribution in [1.82, 2.24) is 14.9 Å². The van der Waals surface area contributed by atoms with Gasteiger partial charge in [0.15, 0.2) is 0 Å². The Morgan fingerprint density at radius 2 is 1.97 bits per heavy atom. The van der Waals surface area contributed by atoms with Crippen molar-refractivity contribution >= 4 is 28.5 Å². The van der Waals surface area contributed by atoms with E-state index in [0.717, 1.165) is 43.7 Å². The molecule has 0 aliphatic carbocycles. The third-order valence-corrected chi connectivity index (χ3v) is 5.52. The highest BCUT2D eigenvalue weighted by Crippen LogP contribution is 2.27. The van der Waals surface area contributed by atoms with Crippen molar-refractivity contribution in [3.05, 3.63) is 53.1 Å². The summed E-state index contributed by atoms with van der Waals surface area (Å²) in [5.74, 6) is 1.25. The number of halogens is 1. The number of fused-ring (bicyclic) bond motifs is 1. The lowest BCUT2D eigenvalue weighted by Crippen LogP contribution is -2.39. The van der Waals surface area contributed by atoms with Crippen LogP contribution in [0.2, 0.25) is 5.02 Å². The molecule has 29 heavy (non-hydrogen) atoms. The van der Waals surface area contributed by atoms with Crippen LogP contribution in [0.3, 0.4) is 0 Å². The van der Waals surface area contributed by atoms with Crippen molar-refractivity contribution in [1.29, 1.82) is 0 Å². The van der Waals surface area contributed by atoms with Gasteiger partial charge in [0.1, 0.15) is 5.75 Å². The van der Waals surface area contributed by atoms with E-state index in [1.165, 1.54) is 5.56 Å². The number of rotatable bonds is 6. The molecule has 0 saturated carbocycles. The zero-order chi connectivity index (χ0) is 20.2. The summed E-state index contributed by atoms with van der Waals surface area (Å²) in [6.07, 6.45) is 1.98. The van der Waals surface area contributed by atoms with Gasteiger partial charge in [0.25, 0.3) is 0 Å². The first-order valence-corrected chi connectivity index (χ1v) is 10.4. The number of para-hydroxylation sites is 1. The van der Waals surface area contributed by atoms with E-state index in [1.807, 2.05) is 43.3 Å². The normalized spacial score (nSPS) is 15.5. The molecule has 0 bridgehead atoms. The SMILES string of the molecule is CCOc1cc(CN2CCC(Nc3nc(O)c4ccccc4n3)CC2)ccc1Cl. The lowest BCUT2D eigenvalue weighted by molar-refractivity contribution is 0.210. The van der Waals surface area contributed by atoms with Crippen LogP contribution in [-0.4, -0.2) is 45.7 Å². The van der Waals surface area contributed by atoms with E-state index in [2.05, 4.69) is 26.3 Å². The molecule has 1 aliphatic rings. The smallest absolute Gasteiger partial charge is 0.226 e. The monoisotopic (exact) mass is 412 g/mol. The van der Waals surface area contributed by atoms with Gasteiger partial charge < -0.3 is 15.2 Å². The van der Waals surface area contributed by atoms with Gasteiger partial charge in [-0.05, 0) is 49.6 Å². The van der Waals surface area contributed by atoms with Gasteiger partial charge in [0.05, 0.1) is 22.5 Å². The molecule has 2 N–H and O–H groups in total. The maximum Gasteiger partial charge on any atom is 0.226 e. The van der Waals surface area contributed by atoms with Crippen LogP contribution in [0.25, 0.3) is 10.9 Å². The number of aromatic hydroxyl groups is 1. The molecule has 3 aromatic rings. The summed E-state index contributed by atoms with van der Waals surface area (Å²) in [6.45, 7) is 5.39. The van der Waals surface area contributed by atoms with E-state index in [9.17, 15) is 5.11 Å². The first-order chi connectivity index (χ1) is 14.1. The third kappa shape index (κ3) is 4.71. The van der Waals surface area contributed by atoms with Gasteiger partial charge in [-0.25, -0.2) is 4.98 Å². The Hall–Kier alpha value is -2.57. The average Bonchev–Trinajstić information content (AvgIpc) is 2.72. The van der Waals surface area contributed by atoms with Crippen LogP contribution in [0.15, 0.2) is 42.5 Å². The van der Waals surface area contributed by atoms with Crippen LogP contribution in [0.5, 0.6) is 11.6 Å². The Kier molecular flexibility index (Phi) is 6.02. The van der Waals surface area contributed by atoms with E-state index >= 15 is 0 Å². The van der Waals surface area contributed by atoms with Crippen LogP contribution >= 0.6 is 11.6 Å². The van der Waals surface area contributed by atoms with Gasteiger partial charge in [0.2, 0.25) is 11.8 Å². The number of likely N-dealkylation sites (tertiary alicyclic amines) is 1. The molecule has 1 aromatic heterocycles. The molecule has 1 aliphatic heterocycles. The second kappa shape index (κ2) is 8.84. The van der Waals surface area contributed by atoms with Crippen LogP contribution in [0.1, 0.15) is 25.3 Å². The van der Waals surface area contributed by atoms with Crippen LogP contribution < -0.4 is 10.1 Å². The topological polar surface area (TPSA) is 70.5 Å². The van der Waals surface area contributed by atoms with Crippen molar-refractivity contribution in [3.63, 3.8) is 0 Å². The Labute approximate surface area is 175 Å². The number of hydrogen-bond donors (Lipinski definition) is 2. The molecule has 4 rings (SSSR count). The van der Waals surface area contributed by atoms with Gasteiger partial charge in [-0.1, -0.05) is 29.8 Å². The highest BCUT2D eigenvalue weighted by Gasteiger charge is 2.20. The number of nitrogens with one attached hydrogen (secondary N) is 1. The molecule has 0 atom stereocenters. The molecule has 2 heterocycles. The van der Waals surface area contributed by atoms with Crippen molar-refractivity contribution < 1.29 is 9.84 Å². The van der Waals surface area contributed by atoms with E-state index in [1.54, 1.807) is 0 Å². The molecule has 1 fully saturated rings. The maximum atomic E-state index is 10.1. The number of anilines is 1. The summed E-state index contributed by atoms with van der Waals surface area (Å²) in [5.41, 5.74) is 1.94. The minimum absolute atomic E-state index is 0.0170. The molecule has 152 valence electrons. The average molecular weight is 413 g/mol. The summed E-state index contributed by atoms with van der Waals surface area (Å²) >= 11 is 6.18. The molecule has 0 unspecified atom stereocenters. The first-order valence-electron chi connectivity index (χ1n) is 9.98. The van der Waals surface area contributed by atoms with E-state index < -0.39 is 0 Å². The van der Waals surface area contributed by atoms with Gasteiger partial charge in [-0.2, -0.15) is 4.98 Å². The minimum atomic E-state index is 0.0170. The Morgan fingerprint density at radius 1 is 1.17 bits per heavy atom. The summed E-state index contributed by atoms with van der Waals surface area (Å²) in [4.78, 5) is 11.2. The predicted molar refractivity (Wildman–Crippen MR) is 116 cm³/mol. The second-order valence-electron chi connectivity index (χ2n) is 7.28. The van der Waals surface area contributed by atoms with E-state index in [-0.39, 0.29) is 11.9 Å². The number of aromatic nitrogens is 2. The number of ether oxygens (including phenoxy) is 1. The summed E-state index contributed by atoms with van der Waals surface area (Å²) < 4.78 is 5.60. The fraction of sp³-hybridized carbons (Fsp3) is 0.364. The molecule has 2 aromatic carbocycles. The largest absolute Gasteiger partial charge is 0.493 e. The van der Waals surface area contributed by atoms with Gasteiger partial charge >= 0.3 is 0 Å². The van der Waals surface area contributed by atoms with E-state index in [4.69, 9.17) is 16.3 Å². The summed E-state index contributed by atoms with van der Waals surface area (Å²) in [6, 6.07) is 13.8. The Morgan fingerprint density at radius 3 is 2.76 bits per heavy atom. The van der Waals surface area contributed by atoms with Crippen molar-refractivity contribution in [2.45, 2.75) is 32.4 Å². The molecule has 0 spiro atoms. The standard InChI is InChI=1S/C22H25ClN4O2/c1-2-29-20-13-15(7-8-18(20)23)14-27-11-9-16(10-12-27)24-22-25-19-6-4-3-5-17(19)21(28)26-22/h3-8,13,16H,2,9-12,14H2,1H3,(H2,24,25,26,28). The molecule has 6 nitrogen and oxygen atoms in total. The molecule has 0 radical (unpaired) electrons. The van der Waals surface area contributed by atoms with Gasteiger partial charge in [-0.3, -0.25) is 4.90 Å². The van der Waals surface area contributed by atoms with Gasteiger partial charge in [-0.15, -0.1) is 0 Å². The highest BCUT2D eigenvalue weighted by molar-refractivity contribution is 6.32. The third-order valence-electron chi connectivity index (χ3n) is 5.21. The zero-order valence-electron chi connectivity index (χ0n) is 16.4. The van der Waals surface area contributed by atoms with Crippen molar-refractivity contribution in [2.24, 2.45) is 0 Å².